The average Bonchev–Trinajstić information content (AvgIpc) is 3.76. The van der Waals surface area contributed by atoms with Gasteiger partial charge >= 0.3 is 0 Å². The molecule has 4 amide bonds. The van der Waals surface area contributed by atoms with Crippen molar-refractivity contribution >= 4 is 67.2 Å². The first-order valence-electron chi connectivity index (χ1n) is 15.2. The fourth-order valence-corrected chi connectivity index (χ4v) is 6.81. The van der Waals surface area contributed by atoms with Gasteiger partial charge in [-0.3, -0.25) is 29.0 Å². The lowest BCUT2D eigenvalue weighted by Crippen LogP contribution is -2.38. The van der Waals surface area contributed by atoms with E-state index in [9.17, 15) is 19.2 Å². The summed E-state index contributed by atoms with van der Waals surface area (Å²) in [5.74, 6) is -1.03. The van der Waals surface area contributed by atoms with E-state index < -0.39 is 0 Å². The van der Waals surface area contributed by atoms with Gasteiger partial charge in [0.05, 0.1) is 22.3 Å². The van der Waals surface area contributed by atoms with Gasteiger partial charge in [0.1, 0.15) is 0 Å². The van der Waals surface area contributed by atoms with E-state index in [1.807, 2.05) is 60.7 Å². The molecule has 4 aromatic carbocycles. The molecule has 10 heteroatoms. The van der Waals surface area contributed by atoms with E-state index >= 15 is 0 Å². The molecule has 2 aliphatic heterocycles. The number of fused-ring (bicyclic) bond motifs is 10. The number of amides is 4. The Bertz CT molecular complexity index is 2060. The van der Waals surface area contributed by atoms with E-state index in [0.717, 1.165) is 50.0 Å². The van der Waals surface area contributed by atoms with Crippen LogP contribution in [-0.2, 0) is 0 Å². The van der Waals surface area contributed by atoms with Crippen LogP contribution >= 0.6 is 0 Å². The summed E-state index contributed by atoms with van der Waals surface area (Å²) in [6.45, 7) is 2.92. The van der Waals surface area contributed by atoms with Gasteiger partial charge in [0.15, 0.2) is 0 Å². The predicted octanol–water partition coefficient (Wildman–Crippen LogP) is 4.42. The van der Waals surface area contributed by atoms with Crippen molar-refractivity contribution in [3.8, 4) is 0 Å². The van der Waals surface area contributed by atoms with Gasteiger partial charge in [-0.25, -0.2) is 0 Å². The second kappa shape index (κ2) is 10.7. The molecular weight excluding hydrogens is 568 g/mol. The maximum Gasteiger partial charge on any atom is 0.262 e. The number of nitrogens with zero attached hydrogens (tertiary/aromatic N) is 2. The molecule has 6 aromatic rings. The number of hydrogen-bond acceptors (Lipinski definition) is 6. The zero-order valence-electron chi connectivity index (χ0n) is 24.4. The fourth-order valence-electron chi connectivity index (χ4n) is 6.81. The van der Waals surface area contributed by atoms with Crippen molar-refractivity contribution in [3.63, 3.8) is 0 Å². The SMILES string of the molecule is O=C1c2ccc3[nH]c4ccccc4c3c2C(=O)N1CCNCCCNCCN1C(=O)c2ccc3[nH]c4ccccc4c3c2C1=O. The second-order valence-corrected chi connectivity index (χ2v) is 11.5. The van der Waals surface area contributed by atoms with Crippen LogP contribution in [0.4, 0.5) is 0 Å². The smallest absolute Gasteiger partial charge is 0.262 e. The maximum absolute atomic E-state index is 13.3. The third kappa shape index (κ3) is 4.25. The number of para-hydroxylation sites is 2. The van der Waals surface area contributed by atoms with Crippen molar-refractivity contribution in [1.29, 1.82) is 0 Å². The molecule has 0 spiro atoms. The number of benzene rings is 4. The minimum atomic E-state index is -0.260. The topological polar surface area (TPSA) is 130 Å². The summed E-state index contributed by atoms with van der Waals surface area (Å²) >= 11 is 0. The molecule has 0 fully saturated rings. The van der Waals surface area contributed by atoms with Gasteiger partial charge in [0.25, 0.3) is 23.6 Å². The minimum Gasteiger partial charge on any atom is -0.354 e. The monoisotopic (exact) mass is 598 g/mol. The lowest BCUT2D eigenvalue weighted by atomic mass is 10.0. The highest BCUT2D eigenvalue weighted by molar-refractivity contribution is 6.31. The molecule has 0 unspecified atom stereocenters. The van der Waals surface area contributed by atoms with E-state index in [4.69, 9.17) is 0 Å². The predicted molar refractivity (Wildman–Crippen MR) is 173 cm³/mol. The Morgan fingerprint density at radius 3 is 1.40 bits per heavy atom. The standard InChI is InChI=1S/C35H30N6O4/c42-32-22-10-12-26-28(20-6-1-3-8-24(20)38-26)30(22)34(44)40(32)18-16-36-14-5-15-37-17-19-41-33(43)23-11-13-27-29(31(23)35(41)45)21-7-2-4-9-25(21)39-27/h1-4,6-13,36-39H,5,14-19H2. The van der Waals surface area contributed by atoms with Gasteiger partial charge in [-0.15, -0.1) is 0 Å². The minimum absolute atomic E-state index is 0.257. The van der Waals surface area contributed by atoms with Gasteiger partial charge in [0, 0.05) is 69.8 Å². The molecule has 2 aromatic heterocycles. The third-order valence-corrected chi connectivity index (χ3v) is 8.94. The number of hydrogen-bond donors (Lipinski definition) is 4. The summed E-state index contributed by atoms with van der Waals surface area (Å²) in [5, 5.41) is 10.1. The normalized spacial score (nSPS) is 14.7. The largest absolute Gasteiger partial charge is 0.354 e. The number of aromatic amines is 2. The van der Waals surface area contributed by atoms with Crippen molar-refractivity contribution < 1.29 is 19.2 Å². The van der Waals surface area contributed by atoms with E-state index in [1.54, 1.807) is 12.1 Å². The zero-order chi connectivity index (χ0) is 30.7. The summed E-state index contributed by atoms with van der Waals surface area (Å²) < 4.78 is 0. The molecule has 2 aliphatic rings. The molecular formula is C35H30N6O4. The first-order valence-corrected chi connectivity index (χ1v) is 15.2. The summed E-state index contributed by atoms with van der Waals surface area (Å²) in [7, 11) is 0. The number of H-pyrrole nitrogens is 2. The van der Waals surface area contributed by atoms with Gasteiger partial charge < -0.3 is 20.6 Å². The number of carbonyl (C=O) groups is 4. The van der Waals surface area contributed by atoms with Gasteiger partial charge in [-0.2, -0.15) is 0 Å². The Morgan fingerprint density at radius 1 is 0.489 bits per heavy atom. The lowest BCUT2D eigenvalue weighted by molar-refractivity contribution is 0.0641. The summed E-state index contributed by atoms with van der Waals surface area (Å²) in [6, 6.07) is 22.8. The highest BCUT2D eigenvalue weighted by atomic mass is 16.2. The molecule has 0 saturated carbocycles. The van der Waals surface area contributed by atoms with Crippen LogP contribution in [0, 0.1) is 0 Å². The molecule has 0 radical (unpaired) electrons. The molecule has 45 heavy (non-hydrogen) atoms. The molecule has 0 aliphatic carbocycles. The number of aromatic nitrogens is 2. The second-order valence-electron chi connectivity index (χ2n) is 11.5. The molecule has 0 atom stereocenters. The molecule has 0 saturated heterocycles. The van der Waals surface area contributed by atoms with Gasteiger partial charge in [0.2, 0.25) is 0 Å². The van der Waals surface area contributed by atoms with Crippen LogP contribution in [0.1, 0.15) is 47.9 Å². The van der Waals surface area contributed by atoms with Crippen molar-refractivity contribution in [2.45, 2.75) is 6.42 Å². The number of imide groups is 2. The van der Waals surface area contributed by atoms with Crippen molar-refractivity contribution in [3.05, 3.63) is 95.1 Å². The number of nitrogens with one attached hydrogen (secondary N) is 4. The molecule has 8 rings (SSSR count). The number of rotatable bonds is 10. The van der Waals surface area contributed by atoms with E-state index in [-0.39, 0.29) is 36.7 Å². The van der Waals surface area contributed by atoms with Gasteiger partial charge in [-0.05, 0) is 55.9 Å². The average molecular weight is 599 g/mol. The van der Waals surface area contributed by atoms with Gasteiger partial charge in [-0.1, -0.05) is 36.4 Å². The van der Waals surface area contributed by atoms with E-state index in [2.05, 4.69) is 20.6 Å². The Morgan fingerprint density at radius 2 is 0.933 bits per heavy atom. The molecule has 10 nitrogen and oxygen atoms in total. The van der Waals surface area contributed by atoms with Crippen LogP contribution < -0.4 is 10.6 Å². The van der Waals surface area contributed by atoms with Crippen LogP contribution in [0.25, 0.3) is 43.6 Å². The van der Waals surface area contributed by atoms with E-state index in [1.165, 1.54) is 9.80 Å². The van der Waals surface area contributed by atoms with E-state index in [0.29, 0.717) is 48.4 Å². The first kappa shape index (κ1) is 27.2. The quantitative estimate of drug-likeness (QED) is 0.137. The lowest BCUT2D eigenvalue weighted by Gasteiger charge is -2.15. The third-order valence-electron chi connectivity index (χ3n) is 8.94. The summed E-state index contributed by atoms with van der Waals surface area (Å²) in [5.41, 5.74) is 5.41. The maximum atomic E-state index is 13.3. The van der Waals surface area contributed by atoms with Crippen LogP contribution in [0.5, 0.6) is 0 Å². The van der Waals surface area contributed by atoms with Crippen molar-refractivity contribution in [2.24, 2.45) is 0 Å². The zero-order valence-corrected chi connectivity index (χ0v) is 24.4. The van der Waals surface area contributed by atoms with Crippen LogP contribution in [-0.4, -0.2) is 82.7 Å². The Labute approximate surface area is 257 Å². The Balaban J connectivity index is 0.811. The van der Waals surface area contributed by atoms with Crippen LogP contribution in [0.2, 0.25) is 0 Å². The summed E-state index contributed by atoms with van der Waals surface area (Å²) in [6.07, 6.45) is 0.802. The Hall–Kier alpha value is -5.32. The molecule has 0 bridgehead atoms. The highest BCUT2D eigenvalue weighted by Gasteiger charge is 2.38. The van der Waals surface area contributed by atoms with Crippen LogP contribution in [0.3, 0.4) is 0 Å². The van der Waals surface area contributed by atoms with Crippen molar-refractivity contribution in [1.82, 2.24) is 30.4 Å². The molecule has 4 heterocycles. The Kier molecular flexibility index (Phi) is 6.47. The van der Waals surface area contributed by atoms with Crippen molar-refractivity contribution in [2.75, 3.05) is 39.3 Å². The fraction of sp³-hybridized carbons (Fsp3) is 0.200. The first-order chi connectivity index (χ1) is 22.0. The molecule has 4 N–H and O–H groups in total. The highest BCUT2D eigenvalue weighted by Crippen LogP contribution is 2.36. The summed E-state index contributed by atoms with van der Waals surface area (Å²) in [4.78, 5) is 62.2. The number of carbonyl (C=O) groups excluding carboxylic acids is 4. The van der Waals surface area contributed by atoms with Crippen LogP contribution in [0.15, 0.2) is 72.8 Å². The molecule has 224 valence electrons.